The van der Waals surface area contributed by atoms with Crippen LogP contribution in [0.1, 0.15) is 5.56 Å². The number of carbonyl (C=O) groups is 1. The van der Waals surface area contributed by atoms with Crippen LogP contribution in [0.2, 0.25) is 0 Å². The fourth-order valence-corrected chi connectivity index (χ4v) is 1.30. The lowest BCUT2D eigenvalue weighted by molar-refractivity contribution is -0.123. The summed E-state index contributed by atoms with van der Waals surface area (Å²) >= 11 is 0. The van der Waals surface area contributed by atoms with Gasteiger partial charge >= 0.3 is 0 Å². The Morgan fingerprint density at radius 3 is 2.94 bits per heavy atom. The van der Waals surface area contributed by atoms with Crippen molar-refractivity contribution in [1.82, 2.24) is 5.32 Å². The molecule has 6 heteroatoms. The molecule has 0 atom stereocenters. The van der Waals surface area contributed by atoms with Gasteiger partial charge in [0.25, 0.3) is 5.91 Å². The molecule has 1 aromatic rings. The maximum atomic E-state index is 12.9. The number of aliphatic hydroxyl groups is 1. The molecule has 0 unspecified atom stereocenters. The number of hydrogen-bond acceptors (Lipinski definition) is 4. The third-order valence-corrected chi connectivity index (χ3v) is 2.18. The van der Waals surface area contributed by atoms with E-state index in [1.54, 1.807) is 0 Å². The Labute approximate surface area is 105 Å². The van der Waals surface area contributed by atoms with E-state index in [1.165, 1.54) is 19.2 Å². The number of methoxy groups -OCH3 is 1. The van der Waals surface area contributed by atoms with Gasteiger partial charge in [-0.1, -0.05) is 0 Å². The lowest BCUT2D eigenvalue weighted by atomic mass is 10.2. The number of rotatable bonds is 7. The Hall–Kier alpha value is -1.66. The van der Waals surface area contributed by atoms with Gasteiger partial charge in [0.2, 0.25) is 0 Å². The van der Waals surface area contributed by atoms with Gasteiger partial charge in [-0.25, -0.2) is 4.39 Å². The molecule has 18 heavy (non-hydrogen) atoms. The number of benzene rings is 1. The van der Waals surface area contributed by atoms with Crippen LogP contribution in [0.25, 0.3) is 0 Å². The highest BCUT2D eigenvalue weighted by molar-refractivity contribution is 5.77. The SMILES string of the molecule is COCCNC(=O)COc1ccc(F)cc1CO. The van der Waals surface area contributed by atoms with Crippen molar-refractivity contribution in [3.05, 3.63) is 29.6 Å². The molecule has 0 spiro atoms. The number of carbonyl (C=O) groups excluding carboxylic acids is 1. The molecule has 0 aliphatic rings. The minimum Gasteiger partial charge on any atom is -0.483 e. The molecule has 0 fully saturated rings. The average molecular weight is 257 g/mol. The van der Waals surface area contributed by atoms with Gasteiger partial charge in [0.1, 0.15) is 11.6 Å². The first-order valence-electron chi connectivity index (χ1n) is 5.45. The molecule has 0 heterocycles. The second-order valence-corrected chi connectivity index (χ2v) is 3.54. The lowest BCUT2D eigenvalue weighted by Crippen LogP contribution is -2.31. The minimum absolute atomic E-state index is 0.192. The summed E-state index contributed by atoms with van der Waals surface area (Å²) in [4.78, 5) is 11.3. The van der Waals surface area contributed by atoms with Crippen LogP contribution in [0.5, 0.6) is 5.75 Å². The molecule has 0 saturated heterocycles. The second-order valence-electron chi connectivity index (χ2n) is 3.54. The third-order valence-electron chi connectivity index (χ3n) is 2.18. The zero-order valence-electron chi connectivity index (χ0n) is 10.1. The smallest absolute Gasteiger partial charge is 0.258 e. The zero-order chi connectivity index (χ0) is 13.4. The Balaban J connectivity index is 2.45. The predicted molar refractivity (Wildman–Crippen MR) is 62.7 cm³/mol. The first-order chi connectivity index (χ1) is 8.67. The molecular weight excluding hydrogens is 241 g/mol. The van der Waals surface area contributed by atoms with E-state index in [2.05, 4.69) is 5.32 Å². The van der Waals surface area contributed by atoms with Crippen molar-refractivity contribution in [2.45, 2.75) is 6.61 Å². The highest BCUT2D eigenvalue weighted by Crippen LogP contribution is 2.19. The molecule has 1 aromatic carbocycles. The summed E-state index contributed by atoms with van der Waals surface area (Å²) in [6.45, 7) is 0.278. The molecule has 0 radical (unpaired) electrons. The molecule has 0 aliphatic heterocycles. The van der Waals surface area contributed by atoms with E-state index >= 15 is 0 Å². The Bertz CT molecular complexity index is 398. The molecule has 5 nitrogen and oxygen atoms in total. The van der Waals surface area contributed by atoms with Gasteiger partial charge in [0.15, 0.2) is 6.61 Å². The molecule has 0 bridgehead atoms. The van der Waals surface area contributed by atoms with Crippen molar-refractivity contribution < 1.29 is 23.8 Å². The van der Waals surface area contributed by atoms with Crippen LogP contribution in [-0.2, 0) is 16.1 Å². The molecule has 0 aromatic heterocycles. The van der Waals surface area contributed by atoms with Crippen LogP contribution in [0, 0.1) is 5.82 Å². The quantitative estimate of drug-likeness (QED) is 0.696. The number of hydrogen-bond donors (Lipinski definition) is 2. The summed E-state index contributed by atoms with van der Waals surface area (Å²) in [5, 5.41) is 11.6. The van der Waals surface area contributed by atoms with Gasteiger partial charge in [-0.2, -0.15) is 0 Å². The first kappa shape index (κ1) is 14.4. The van der Waals surface area contributed by atoms with Crippen LogP contribution in [0.15, 0.2) is 18.2 Å². The summed E-state index contributed by atoms with van der Waals surface area (Å²) in [5.74, 6) is -0.475. The standard InChI is InChI=1S/C12H16FNO4/c1-17-5-4-14-12(16)8-18-11-3-2-10(13)6-9(11)7-15/h2-3,6,15H,4-5,7-8H2,1H3,(H,14,16). The largest absolute Gasteiger partial charge is 0.483 e. The average Bonchev–Trinajstić information content (AvgIpc) is 2.37. The molecule has 100 valence electrons. The summed E-state index contributed by atoms with van der Waals surface area (Å²) in [6.07, 6.45) is 0. The van der Waals surface area contributed by atoms with Crippen LogP contribution in [0.4, 0.5) is 4.39 Å². The molecular formula is C12H16FNO4. The van der Waals surface area contributed by atoms with E-state index in [-0.39, 0.29) is 19.1 Å². The number of aliphatic hydroxyl groups excluding tert-OH is 1. The van der Waals surface area contributed by atoms with Crippen molar-refractivity contribution in [3.8, 4) is 5.75 Å². The van der Waals surface area contributed by atoms with Crippen molar-refractivity contribution in [3.63, 3.8) is 0 Å². The number of ether oxygens (including phenoxy) is 2. The zero-order valence-corrected chi connectivity index (χ0v) is 10.1. The summed E-state index contributed by atoms with van der Waals surface area (Å²) in [6, 6.07) is 3.75. The highest BCUT2D eigenvalue weighted by atomic mass is 19.1. The summed E-state index contributed by atoms with van der Waals surface area (Å²) in [7, 11) is 1.54. The van der Waals surface area contributed by atoms with E-state index in [0.717, 1.165) is 6.07 Å². The third kappa shape index (κ3) is 4.68. The molecule has 0 saturated carbocycles. The van der Waals surface area contributed by atoms with E-state index in [0.29, 0.717) is 24.5 Å². The fourth-order valence-electron chi connectivity index (χ4n) is 1.30. The topological polar surface area (TPSA) is 67.8 Å². The van der Waals surface area contributed by atoms with Gasteiger partial charge in [-0.15, -0.1) is 0 Å². The highest BCUT2D eigenvalue weighted by Gasteiger charge is 2.07. The van der Waals surface area contributed by atoms with Gasteiger partial charge in [0, 0.05) is 19.2 Å². The van der Waals surface area contributed by atoms with Crippen molar-refractivity contribution >= 4 is 5.91 Å². The van der Waals surface area contributed by atoms with Crippen LogP contribution < -0.4 is 10.1 Å². The van der Waals surface area contributed by atoms with E-state index in [9.17, 15) is 9.18 Å². The predicted octanol–water partition coefficient (Wildman–Crippen LogP) is 0.459. The van der Waals surface area contributed by atoms with Gasteiger partial charge in [-0.05, 0) is 18.2 Å². The fraction of sp³-hybridized carbons (Fsp3) is 0.417. The van der Waals surface area contributed by atoms with E-state index in [1.807, 2.05) is 0 Å². The van der Waals surface area contributed by atoms with Gasteiger partial charge < -0.3 is 19.9 Å². The molecule has 0 aliphatic carbocycles. The normalized spacial score (nSPS) is 10.2. The lowest BCUT2D eigenvalue weighted by Gasteiger charge is -2.10. The second kappa shape index (κ2) is 7.62. The number of halogens is 1. The maximum Gasteiger partial charge on any atom is 0.258 e. The maximum absolute atomic E-state index is 12.9. The van der Waals surface area contributed by atoms with Gasteiger partial charge in [0.05, 0.1) is 13.2 Å². The Morgan fingerprint density at radius 2 is 2.28 bits per heavy atom. The first-order valence-corrected chi connectivity index (χ1v) is 5.45. The number of nitrogens with one attached hydrogen (secondary N) is 1. The monoisotopic (exact) mass is 257 g/mol. The van der Waals surface area contributed by atoms with Crippen molar-refractivity contribution in [2.75, 3.05) is 26.9 Å². The minimum atomic E-state index is -0.462. The van der Waals surface area contributed by atoms with E-state index in [4.69, 9.17) is 14.6 Å². The molecule has 2 N–H and O–H groups in total. The summed E-state index contributed by atoms with van der Waals surface area (Å²) < 4.78 is 22.8. The van der Waals surface area contributed by atoms with Crippen molar-refractivity contribution in [1.29, 1.82) is 0 Å². The Morgan fingerprint density at radius 1 is 1.50 bits per heavy atom. The molecule has 1 rings (SSSR count). The van der Waals surface area contributed by atoms with E-state index < -0.39 is 5.82 Å². The summed E-state index contributed by atoms with van der Waals surface area (Å²) in [5.41, 5.74) is 0.305. The van der Waals surface area contributed by atoms with Crippen LogP contribution in [0.3, 0.4) is 0 Å². The van der Waals surface area contributed by atoms with Crippen LogP contribution >= 0.6 is 0 Å². The number of amides is 1. The molecule has 1 amide bonds. The Kier molecular flexibility index (Phi) is 6.10. The van der Waals surface area contributed by atoms with Crippen LogP contribution in [-0.4, -0.2) is 37.9 Å². The van der Waals surface area contributed by atoms with Crippen molar-refractivity contribution in [2.24, 2.45) is 0 Å². The van der Waals surface area contributed by atoms with Gasteiger partial charge in [-0.3, -0.25) is 4.79 Å².